The van der Waals surface area contributed by atoms with Gasteiger partial charge in [0.15, 0.2) is 0 Å². The smallest absolute Gasteiger partial charge is 0.128 e. The van der Waals surface area contributed by atoms with Crippen LogP contribution in [0.5, 0.6) is 0 Å². The predicted molar refractivity (Wildman–Crippen MR) is 76.3 cm³/mol. The Hall–Kier alpha value is -0.970. The van der Waals surface area contributed by atoms with Crippen LogP contribution in [-0.2, 0) is 13.1 Å². The number of rotatable bonds is 4. The van der Waals surface area contributed by atoms with Crippen LogP contribution in [0.2, 0.25) is 0 Å². The fourth-order valence-electron chi connectivity index (χ4n) is 2.77. The molecule has 1 saturated heterocycles. The Morgan fingerprint density at radius 3 is 2.74 bits per heavy atom. The first-order valence-electron chi connectivity index (χ1n) is 7.07. The Labute approximate surface area is 115 Å². The summed E-state index contributed by atoms with van der Waals surface area (Å²) in [6.45, 7) is 9.69. The molecule has 1 aliphatic rings. The van der Waals surface area contributed by atoms with Crippen LogP contribution in [0.1, 0.15) is 25.0 Å². The van der Waals surface area contributed by atoms with Crippen LogP contribution in [0, 0.1) is 5.82 Å². The molecule has 0 amide bonds. The fourth-order valence-corrected chi connectivity index (χ4v) is 2.77. The number of benzene rings is 1. The van der Waals surface area contributed by atoms with Crippen LogP contribution in [0.3, 0.4) is 0 Å². The van der Waals surface area contributed by atoms with Gasteiger partial charge in [0.2, 0.25) is 0 Å². The molecule has 106 valence electrons. The highest BCUT2D eigenvalue weighted by Gasteiger charge is 2.22. The number of nitrogens with zero attached hydrogens (tertiary/aromatic N) is 2. The summed E-state index contributed by atoms with van der Waals surface area (Å²) in [5.41, 5.74) is 7.14. The topological polar surface area (TPSA) is 32.5 Å². The molecule has 1 aromatic rings. The Morgan fingerprint density at radius 2 is 2.16 bits per heavy atom. The van der Waals surface area contributed by atoms with Crippen LogP contribution < -0.4 is 5.73 Å². The van der Waals surface area contributed by atoms with E-state index in [4.69, 9.17) is 5.73 Å². The second-order valence-electron chi connectivity index (χ2n) is 5.34. The molecule has 0 spiro atoms. The van der Waals surface area contributed by atoms with Gasteiger partial charge in [0.05, 0.1) is 0 Å². The van der Waals surface area contributed by atoms with Gasteiger partial charge in [0.25, 0.3) is 0 Å². The minimum Gasteiger partial charge on any atom is -0.326 e. The minimum absolute atomic E-state index is 0.131. The van der Waals surface area contributed by atoms with Gasteiger partial charge in [-0.2, -0.15) is 0 Å². The number of hydrogen-bond acceptors (Lipinski definition) is 3. The zero-order valence-corrected chi connectivity index (χ0v) is 11.9. The molecule has 1 atom stereocenters. The maximum Gasteiger partial charge on any atom is 0.128 e. The van der Waals surface area contributed by atoms with Crippen LogP contribution in [-0.4, -0.2) is 42.0 Å². The number of piperazine rings is 1. The van der Waals surface area contributed by atoms with Crippen LogP contribution >= 0.6 is 0 Å². The van der Waals surface area contributed by atoms with Crippen LogP contribution in [0.25, 0.3) is 0 Å². The standard InChI is InChI=1S/C15H24FN3/c1-3-19-7-6-18(10-12(19)2)11-14-5-4-13(9-17)8-15(14)16/h4-5,8,12H,3,6-7,9-11,17H2,1-2H3. The summed E-state index contributed by atoms with van der Waals surface area (Å²) < 4.78 is 13.9. The van der Waals surface area contributed by atoms with E-state index in [1.54, 1.807) is 6.07 Å². The molecule has 1 aliphatic heterocycles. The summed E-state index contributed by atoms with van der Waals surface area (Å²) in [6, 6.07) is 5.89. The first-order valence-corrected chi connectivity index (χ1v) is 7.07. The second-order valence-corrected chi connectivity index (χ2v) is 5.34. The third kappa shape index (κ3) is 3.53. The summed E-state index contributed by atoms with van der Waals surface area (Å²) in [5, 5.41) is 0. The molecule has 0 radical (unpaired) electrons. The van der Waals surface area contributed by atoms with Gasteiger partial charge in [0.1, 0.15) is 5.82 Å². The van der Waals surface area contributed by atoms with E-state index >= 15 is 0 Å². The molecule has 0 aromatic heterocycles. The summed E-state index contributed by atoms with van der Waals surface area (Å²) in [6.07, 6.45) is 0. The molecule has 1 fully saturated rings. The molecule has 4 heteroatoms. The molecular weight excluding hydrogens is 241 g/mol. The Kier molecular flexibility index (Phi) is 4.91. The molecule has 1 unspecified atom stereocenters. The molecule has 1 aromatic carbocycles. The van der Waals surface area contributed by atoms with Gasteiger partial charge in [-0.15, -0.1) is 0 Å². The zero-order valence-electron chi connectivity index (χ0n) is 11.9. The Balaban J connectivity index is 1.98. The van der Waals surface area contributed by atoms with E-state index in [-0.39, 0.29) is 5.82 Å². The van der Waals surface area contributed by atoms with Crippen molar-refractivity contribution in [3.05, 3.63) is 35.1 Å². The third-order valence-corrected chi connectivity index (χ3v) is 4.00. The highest BCUT2D eigenvalue weighted by atomic mass is 19.1. The van der Waals surface area contributed by atoms with Crippen molar-refractivity contribution < 1.29 is 4.39 Å². The SMILES string of the molecule is CCN1CCN(Cc2ccc(CN)cc2F)CC1C. The molecule has 0 saturated carbocycles. The van der Waals surface area contributed by atoms with E-state index in [2.05, 4.69) is 23.6 Å². The molecular formula is C15H24FN3. The quantitative estimate of drug-likeness (QED) is 0.901. The summed E-state index contributed by atoms with van der Waals surface area (Å²) in [7, 11) is 0. The van der Waals surface area contributed by atoms with Crippen molar-refractivity contribution >= 4 is 0 Å². The van der Waals surface area contributed by atoms with E-state index in [0.29, 0.717) is 19.1 Å². The Morgan fingerprint density at radius 1 is 1.37 bits per heavy atom. The van der Waals surface area contributed by atoms with Gasteiger partial charge in [0, 0.05) is 44.3 Å². The van der Waals surface area contributed by atoms with Crippen LogP contribution in [0.4, 0.5) is 4.39 Å². The highest BCUT2D eigenvalue weighted by molar-refractivity contribution is 5.24. The lowest BCUT2D eigenvalue weighted by Gasteiger charge is -2.39. The first-order chi connectivity index (χ1) is 9.13. The molecule has 2 N–H and O–H groups in total. The largest absolute Gasteiger partial charge is 0.326 e. The van der Waals surface area contributed by atoms with Gasteiger partial charge in [-0.1, -0.05) is 19.1 Å². The average molecular weight is 265 g/mol. The predicted octanol–water partition coefficient (Wildman–Crippen LogP) is 1.81. The number of hydrogen-bond donors (Lipinski definition) is 1. The maximum atomic E-state index is 13.9. The maximum absolute atomic E-state index is 13.9. The third-order valence-electron chi connectivity index (χ3n) is 4.00. The van der Waals surface area contributed by atoms with Gasteiger partial charge in [-0.3, -0.25) is 9.80 Å². The summed E-state index contributed by atoms with van der Waals surface area (Å²) >= 11 is 0. The Bertz CT molecular complexity index is 422. The monoisotopic (exact) mass is 265 g/mol. The fraction of sp³-hybridized carbons (Fsp3) is 0.600. The van der Waals surface area contributed by atoms with Gasteiger partial charge in [-0.25, -0.2) is 4.39 Å². The summed E-state index contributed by atoms with van der Waals surface area (Å²) in [5.74, 6) is -0.131. The minimum atomic E-state index is -0.131. The van der Waals surface area contributed by atoms with Crippen molar-refractivity contribution in [3.8, 4) is 0 Å². The van der Waals surface area contributed by atoms with Crippen molar-refractivity contribution in [2.45, 2.75) is 33.0 Å². The van der Waals surface area contributed by atoms with Crippen molar-refractivity contribution in [2.75, 3.05) is 26.2 Å². The van der Waals surface area contributed by atoms with E-state index in [1.807, 2.05) is 12.1 Å². The number of nitrogens with two attached hydrogens (primary N) is 1. The van der Waals surface area contributed by atoms with E-state index in [1.165, 1.54) is 0 Å². The molecule has 19 heavy (non-hydrogen) atoms. The van der Waals surface area contributed by atoms with Crippen molar-refractivity contribution in [3.63, 3.8) is 0 Å². The molecule has 0 bridgehead atoms. The zero-order chi connectivity index (χ0) is 13.8. The number of likely N-dealkylation sites (N-methyl/N-ethyl adjacent to an activating group) is 1. The lowest BCUT2D eigenvalue weighted by Crippen LogP contribution is -2.51. The normalized spacial score (nSPS) is 21.8. The van der Waals surface area contributed by atoms with Gasteiger partial charge in [-0.05, 0) is 25.1 Å². The second kappa shape index (κ2) is 6.46. The van der Waals surface area contributed by atoms with Crippen molar-refractivity contribution in [1.82, 2.24) is 9.80 Å². The highest BCUT2D eigenvalue weighted by Crippen LogP contribution is 2.16. The average Bonchev–Trinajstić information content (AvgIpc) is 2.41. The van der Waals surface area contributed by atoms with E-state index in [0.717, 1.165) is 37.3 Å². The van der Waals surface area contributed by atoms with Gasteiger partial charge >= 0.3 is 0 Å². The summed E-state index contributed by atoms with van der Waals surface area (Å²) in [4.78, 5) is 4.79. The van der Waals surface area contributed by atoms with Gasteiger partial charge < -0.3 is 5.73 Å². The van der Waals surface area contributed by atoms with E-state index in [9.17, 15) is 4.39 Å². The lowest BCUT2D eigenvalue weighted by molar-refractivity contribution is 0.0827. The van der Waals surface area contributed by atoms with Crippen molar-refractivity contribution in [2.24, 2.45) is 5.73 Å². The molecule has 3 nitrogen and oxygen atoms in total. The van der Waals surface area contributed by atoms with E-state index < -0.39 is 0 Å². The van der Waals surface area contributed by atoms with Crippen LogP contribution in [0.15, 0.2) is 18.2 Å². The molecule has 1 heterocycles. The van der Waals surface area contributed by atoms with Crippen molar-refractivity contribution in [1.29, 1.82) is 0 Å². The molecule has 0 aliphatic carbocycles. The number of halogens is 1. The first kappa shape index (κ1) is 14.4. The lowest BCUT2D eigenvalue weighted by atomic mass is 10.1. The molecule has 2 rings (SSSR count).